The summed E-state index contributed by atoms with van der Waals surface area (Å²) in [5.41, 5.74) is 1.98. The Hall–Kier alpha value is -1.72. The van der Waals surface area contributed by atoms with Gasteiger partial charge in [0.25, 0.3) is 0 Å². The molecule has 1 aliphatic rings. The minimum atomic E-state index is -0.119. The van der Waals surface area contributed by atoms with Gasteiger partial charge in [0, 0.05) is 37.4 Å². The third-order valence-corrected chi connectivity index (χ3v) is 4.26. The van der Waals surface area contributed by atoms with Crippen molar-refractivity contribution in [1.29, 1.82) is 0 Å². The Kier molecular flexibility index (Phi) is 4.55. The van der Waals surface area contributed by atoms with Crippen LogP contribution in [0.1, 0.15) is 23.7 Å². The van der Waals surface area contributed by atoms with Gasteiger partial charge in [0.1, 0.15) is 5.82 Å². The molecule has 22 heavy (non-hydrogen) atoms. The molecule has 0 spiro atoms. The summed E-state index contributed by atoms with van der Waals surface area (Å²) in [6.07, 6.45) is 4.93. The van der Waals surface area contributed by atoms with E-state index in [-0.39, 0.29) is 5.82 Å². The molecule has 2 aromatic rings. The molecule has 4 nitrogen and oxygen atoms in total. The Morgan fingerprint density at radius 1 is 1.32 bits per heavy atom. The number of hydrogen-bond acceptors (Lipinski definition) is 3. The van der Waals surface area contributed by atoms with Gasteiger partial charge >= 0.3 is 0 Å². The summed E-state index contributed by atoms with van der Waals surface area (Å²) in [5.74, 6) is -0.119. The molecule has 0 amide bonds. The molecular formula is C17H23FN4. The number of fused-ring (bicyclic) bond motifs is 1. The minimum absolute atomic E-state index is 0.119. The Balaban J connectivity index is 1.74. The topological polar surface area (TPSA) is 24.3 Å². The average molecular weight is 302 g/mol. The van der Waals surface area contributed by atoms with Crippen LogP contribution >= 0.6 is 0 Å². The second-order valence-corrected chi connectivity index (χ2v) is 6.30. The van der Waals surface area contributed by atoms with Gasteiger partial charge in [-0.2, -0.15) is 0 Å². The van der Waals surface area contributed by atoms with Crippen molar-refractivity contribution < 1.29 is 4.39 Å². The zero-order valence-electron chi connectivity index (χ0n) is 13.2. The van der Waals surface area contributed by atoms with E-state index < -0.39 is 0 Å². The molecule has 2 heterocycles. The van der Waals surface area contributed by atoms with Crippen molar-refractivity contribution in [1.82, 2.24) is 19.4 Å². The molecule has 3 rings (SSSR count). The Bertz CT molecular complexity index is 623. The van der Waals surface area contributed by atoms with Crippen molar-refractivity contribution in [2.45, 2.75) is 25.6 Å². The first-order valence-electron chi connectivity index (χ1n) is 7.74. The summed E-state index contributed by atoms with van der Waals surface area (Å²) in [4.78, 5) is 8.80. The molecular weight excluding hydrogens is 279 g/mol. The van der Waals surface area contributed by atoms with Gasteiger partial charge in [-0.1, -0.05) is 18.2 Å². The maximum absolute atomic E-state index is 13.9. The van der Waals surface area contributed by atoms with Crippen LogP contribution in [0.4, 0.5) is 4.39 Å². The average Bonchev–Trinajstić information content (AvgIpc) is 2.95. The molecule has 0 saturated carbocycles. The van der Waals surface area contributed by atoms with Crippen LogP contribution in [0.5, 0.6) is 0 Å². The van der Waals surface area contributed by atoms with Crippen molar-refractivity contribution in [3.05, 3.63) is 53.9 Å². The van der Waals surface area contributed by atoms with Gasteiger partial charge in [0.15, 0.2) is 0 Å². The molecule has 0 radical (unpaired) electrons. The third kappa shape index (κ3) is 3.36. The summed E-state index contributed by atoms with van der Waals surface area (Å²) in [6.45, 7) is 3.45. The van der Waals surface area contributed by atoms with Crippen LogP contribution in [-0.4, -0.2) is 46.5 Å². The molecule has 0 N–H and O–H groups in total. The Morgan fingerprint density at radius 2 is 2.14 bits per heavy atom. The summed E-state index contributed by atoms with van der Waals surface area (Å²) >= 11 is 0. The number of rotatable bonds is 5. The van der Waals surface area contributed by atoms with E-state index in [4.69, 9.17) is 0 Å². The number of aromatic nitrogens is 2. The molecule has 1 atom stereocenters. The van der Waals surface area contributed by atoms with Gasteiger partial charge in [-0.3, -0.25) is 4.90 Å². The van der Waals surface area contributed by atoms with Crippen LogP contribution in [0.15, 0.2) is 36.8 Å². The van der Waals surface area contributed by atoms with Crippen LogP contribution in [0.2, 0.25) is 0 Å². The third-order valence-electron chi connectivity index (χ3n) is 4.26. The molecule has 1 unspecified atom stereocenters. The van der Waals surface area contributed by atoms with E-state index in [2.05, 4.69) is 33.4 Å². The second-order valence-electron chi connectivity index (χ2n) is 6.30. The maximum atomic E-state index is 13.9. The van der Waals surface area contributed by atoms with E-state index in [1.165, 1.54) is 11.8 Å². The highest BCUT2D eigenvalue weighted by molar-refractivity contribution is 5.17. The standard InChI is InChI=1S/C17H23FN4/c1-20(2)8-7-15-11-21(12-16-9-19-13-22(15)16)10-14-5-3-4-6-17(14)18/h3-6,9,13,15H,7-8,10-12H2,1-2H3. The van der Waals surface area contributed by atoms with Gasteiger partial charge in [-0.05, 0) is 33.1 Å². The number of nitrogens with zero attached hydrogens (tertiary/aromatic N) is 4. The Morgan fingerprint density at radius 3 is 2.91 bits per heavy atom. The van der Waals surface area contributed by atoms with E-state index in [0.29, 0.717) is 12.6 Å². The molecule has 0 saturated heterocycles. The number of halogens is 1. The van der Waals surface area contributed by atoms with Crippen molar-refractivity contribution in [3.8, 4) is 0 Å². The second kappa shape index (κ2) is 6.58. The van der Waals surface area contributed by atoms with Crippen LogP contribution < -0.4 is 0 Å². The lowest BCUT2D eigenvalue weighted by Crippen LogP contribution is -2.37. The lowest BCUT2D eigenvalue weighted by atomic mass is 10.1. The maximum Gasteiger partial charge on any atom is 0.127 e. The van der Waals surface area contributed by atoms with Crippen molar-refractivity contribution in [2.75, 3.05) is 27.2 Å². The molecule has 1 aliphatic heterocycles. The number of benzene rings is 1. The normalized spacial score (nSPS) is 18.6. The van der Waals surface area contributed by atoms with Gasteiger partial charge in [-0.15, -0.1) is 0 Å². The SMILES string of the molecule is CN(C)CCC1CN(Cc2ccccc2F)Cc2cncn21. The monoisotopic (exact) mass is 302 g/mol. The zero-order chi connectivity index (χ0) is 15.5. The summed E-state index contributed by atoms with van der Waals surface area (Å²) in [6, 6.07) is 7.45. The number of imidazole rings is 1. The summed E-state index contributed by atoms with van der Waals surface area (Å²) < 4.78 is 16.2. The zero-order valence-corrected chi connectivity index (χ0v) is 13.2. The Labute approximate surface area is 131 Å². The van der Waals surface area contributed by atoms with E-state index >= 15 is 0 Å². The minimum Gasteiger partial charge on any atom is -0.329 e. The fraction of sp³-hybridized carbons (Fsp3) is 0.471. The van der Waals surface area contributed by atoms with E-state index in [0.717, 1.165) is 31.6 Å². The van der Waals surface area contributed by atoms with Crippen molar-refractivity contribution in [3.63, 3.8) is 0 Å². The van der Waals surface area contributed by atoms with Crippen LogP contribution in [0, 0.1) is 5.82 Å². The fourth-order valence-corrected chi connectivity index (χ4v) is 3.09. The van der Waals surface area contributed by atoms with E-state index in [1.807, 2.05) is 24.7 Å². The van der Waals surface area contributed by atoms with Gasteiger partial charge < -0.3 is 9.47 Å². The largest absolute Gasteiger partial charge is 0.329 e. The summed E-state index contributed by atoms with van der Waals surface area (Å²) in [5, 5.41) is 0. The summed E-state index contributed by atoms with van der Waals surface area (Å²) in [7, 11) is 4.18. The molecule has 118 valence electrons. The fourth-order valence-electron chi connectivity index (χ4n) is 3.09. The molecule has 5 heteroatoms. The van der Waals surface area contributed by atoms with Crippen LogP contribution in [-0.2, 0) is 13.1 Å². The highest BCUT2D eigenvalue weighted by Gasteiger charge is 2.25. The van der Waals surface area contributed by atoms with E-state index in [9.17, 15) is 4.39 Å². The molecule has 0 fully saturated rings. The van der Waals surface area contributed by atoms with Gasteiger partial charge in [-0.25, -0.2) is 9.37 Å². The van der Waals surface area contributed by atoms with Crippen LogP contribution in [0.25, 0.3) is 0 Å². The van der Waals surface area contributed by atoms with Gasteiger partial charge in [0.2, 0.25) is 0 Å². The first-order chi connectivity index (χ1) is 10.6. The lowest BCUT2D eigenvalue weighted by Gasteiger charge is -2.35. The highest BCUT2D eigenvalue weighted by Crippen LogP contribution is 2.25. The highest BCUT2D eigenvalue weighted by atomic mass is 19.1. The smallest absolute Gasteiger partial charge is 0.127 e. The lowest BCUT2D eigenvalue weighted by molar-refractivity contribution is 0.163. The predicted octanol–water partition coefficient (Wildman–Crippen LogP) is 2.53. The first kappa shape index (κ1) is 15.2. The quantitative estimate of drug-likeness (QED) is 0.848. The molecule has 0 bridgehead atoms. The number of hydrogen-bond donors (Lipinski definition) is 0. The predicted molar refractivity (Wildman–Crippen MR) is 84.9 cm³/mol. The first-order valence-corrected chi connectivity index (χ1v) is 7.74. The van der Waals surface area contributed by atoms with Crippen LogP contribution in [0.3, 0.4) is 0 Å². The molecule has 1 aromatic heterocycles. The van der Waals surface area contributed by atoms with E-state index in [1.54, 1.807) is 6.07 Å². The molecule has 0 aliphatic carbocycles. The van der Waals surface area contributed by atoms with Gasteiger partial charge in [0.05, 0.1) is 12.0 Å². The van der Waals surface area contributed by atoms with Crippen molar-refractivity contribution >= 4 is 0 Å². The molecule has 1 aromatic carbocycles. The van der Waals surface area contributed by atoms with Crippen molar-refractivity contribution in [2.24, 2.45) is 0 Å².